The molecule has 1 amide bonds. The molecular formula is C15H12Cl2N2O3. The number of aromatic carboxylic acids is 1. The van der Waals surface area contributed by atoms with E-state index < -0.39 is 5.97 Å². The number of carbonyl (C=O) groups excluding carboxylic acids is 1. The van der Waals surface area contributed by atoms with E-state index in [9.17, 15) is 9.59 Å². The van der Waals surface area contributed by atoms with E-state index in [4.69, 9.17) is 28.3 Å². The maximum Gasteiger partial charge on any atom is 0.335 e. The summed E-state index contributed by atoms with van der Waals surface area (Å²) in [5.41, 5.74) is 1.41. The molecule has 1 heterocycles. The van der Waals surface area contributed by atoms with Crippen molar-refractivity contribution in [2.24, 2.45) is 0 Å². The Labute approximate surface area is 136 Å². The fourth-order valence-corrected chi connectivity index (χ4v) is 2.26. The molecule has 0 saturated heterocycles. The molecule has 0 saturated carbocycles. The van der Waals surface area contributed by atoms with Gasteiger partial charge in [0, 0.05) is 12.7 Å². The van der Waals surface area contributed by atoms with Crippen molar-refractivity contribution in [1.82, 2.24) is 10.3 Å². The Morgan fingerprint density at radius 2 is 1.86 bits per heavy atom. The van der Waals surface area contributed by atoms with E-state index in [-0.39, 0.29) is 27.2 Å². The van der Waals surface area contributed by atoms with Crippen LogP contribution in [-0.2, 0) is 6.42 Å². The molecule has 0 atom stereocenters. The van der Waals surface area contributed by atoms with Crippen LogP contribution >= 0.6 is 23.2 Å². The Kier molecular flexibility index (Phi) is 5.35. The van der Waals surface area contributed by atoms with E-state index >= 15 is 0 Å². The summed E-state index contributed by atoms with van der Waals surface area (Å²) in [6.45, 7) is 0.393. The molecule has 0 aliphatic rings. The molecule has 2 N–H and O–H groups in total. The van der Waals surface area contributed by atoms with E-state index in [1.807, 2.05) is 0 Å². The van der Waals surface area contributed by atoms with Gasteiger partial charge in [0.05, 0.1) is 16.1 Å². The lowest BCUT2D eigenvalue weighted by atomic mass is 10.1. The third-order valence-electron chi connectivity index (χ3n) is 2.96. The average Bonchev–Trinajstić information content (AvgIpc) is 2.47. The molecule has 0 spiro atoms. The molecule has 0 fully saturated rings. The topological polar surface area (TPSA) is 79.3 Å². The Morgan fingerprint density at radius 1 is 1.18 bits per heavy atom. The lowest BCUT2D eigenvalue weighted by molar-refractivity contribution is 0.0696. The van der Waals surface area contributed by atoms with Gasteiger partial charge in [0.1, 0.15) is 5.15 Å². The van der Waals surface area contributed by atoms with Gasteiger partial charge in [-0.25, -0.2) is 9.78 Å². The molecule has 0 bridgehead atoms. The van der Waals surface area contributed by atoms with Crippen LogP contribution in [0.2, 0.25) is 10.2 Å². The minimum atomic E-state index is -0.968. The number of carbonyl (C=O) groups is 2. The number of nitrogens with zero attached hydrogens (tertiary/aromatic N) is 1. The predicted octanol–water partition coefficient (Wildman–Crippen LogP) is 3.06. The van der Waals surface area contributed by atoms with Gasteiger partial charge in [-0.3, -0.25) is 4.79 Å². The highest BCUT2D eigenvalue weighted by Crippen LogP contribution is 2.18. The van der Waals surface area contributed by atoms with Crippen LogP contribution in [0.3, 0.4) is 0 Å². The van der Waals surface area contributed by atoms with Crippen molar-refractivity contribution < 1.29 is 14.7 Å². The summed E-state index contributed by atoms with van der Waals surface area (Å²) < 4.78 is 0. The third-order valence-corrected chi connectivity index (χ3v) is 3.48. The number of carboxylic acids is 1. The zero-order valence-electron chi connectivity index (χ0n) is 11.3. The smallest absolute Gasteiger partial charge is 0.335 e. The number of hydrogen-bond donors (Lipinski definition) is 2. The highest BCUT2D eigenvalue weighted by Gasteiger charge is 2.11. The Bertz CT molecular complexity index is 702. The van der Waals surface area contributed by atoms with Crippen molar-refractivity contribution >= 4 is 35.1 Å². The van der Waals surface area contributed by atoms with Crippen LogP contribution in [0.5, 0.6) is 0 Å². The predicted molar refractivity (Wildman–Crippen MR) is 83.7 cm³/mol. The number of aromatic nitrogens is 1. The quantitative estimate of drug-likeness (QED) is 0.821. The molecule has 0 unspecified atom stereocenters. The van der Waals surface area contributed by atoms with Crippen molar-refractivity contribution in [3.05, 3.63) is 63.4 Å². The second kappa shape index (κ2) is 7.24. The number of carboxylic acid groups (broad SMARTS) is 1. The molecule has 2 aromatic rings. The number of halogens is 2. The molecule has 0 radical (unpaired) electrons. The Hall–Kier alpha value is -2.11. The number of pyridine rings is 1. The monoisotopic (exact) mass is 338 g/mol. The molecule has 114 valence electrons. The first kappa shape index (κ1) is 16.3. The van der Waals surface area contributed by atoms with Gasteiger partial charge < -0.3 is 10.4 Å². The largest absolute Gasteiger partial charge is 0.478 e. The first-order valence-electron chi connectivity index (χ1n) is 6.39. The summed E-state index contributed by atoms with van der Waals surface area (Å²) in [5, 5.41) is 12.0. The van der Waals surface area contributed by atoms with Crippen LogP contribution in [0, 0.1) is 0 Å². The molecular weight excluding hydrogens is 327 g/mol. The minimum absolute atomic E-state index is 0.222. The van der Waals surface area contributed by atoms with Gasteiger partial charge in [-0.05, 0) is 30.2 Å². The van der Waals surface area contributed by atoms with Gasteiger partial charge in [0.25, 0.3) is 5.91 Å². The molecule has 2 rings (SSSR count). The summed E-state index contributed by atoms with van der Waals surface area (Å²) in [6, 6.07) is 7.89. The number of amides is 1. The second-order valence-electron chi connectivity index (χ2n) is 4.49. The first-order chi connectivity index (χ1) is 10.5. The highest BCUT2D eigenvalue weighted by molar-refractivity contribution is 6.36. The minimum Gasteiger partial charge on any atom is -0.478 e. The van der Waals surface area contributed by atoms with Gasteiger partial charge >= 0.3 is 5.97 Å². The van der Waals surface area contributed by atoms with Gasteiger partial charge in [-0.15, -0.1) is 0 Å². The lowest BCUT2D eigenvalue weighted by Gasteiger charge is -2.07. The van der Waals surface area contributed by atoms with Crippen molar-refractivity contribution in [2.75, 3.05) is 6.54 Å². The lowest BCUT2D eigenvalue weighted by Crippen LogP contribution is -2.26. The van der Waals surface area contributed by atoms with Crippen molar-refractivity contribution in [3.63, 3.8) is 0 Å². The standard InChI is InChI=1S/C15H12Cl2N2O3/c16-12-7-13(17)19-8-11(12)14(20)18-6-5-9-1-3-10(4-2-9)15(21)22/h1-4,7-8H,5-6H2,(H,18,20)(H,21,22). The number of benzene rings is 1. The van der Waals surface area contributed by atoms with Gasteiger partial charge in [-0.2, -0.15) is 0 Å². The maximum atomic E-state index is 12.0. The highest BCUT2D eigenvalue weighted by atomic mass is 35.5. The summed E-state index contributed by atoms with van der Waals surface area (Å²) >= 11 is 11.6. The van der Waals surface area contributed by atoms with Crippen LogP contribution < -0.4 is 5.32 Å². The van der Waals surface area contributed by atoms with E-state index in [1.165, 1.54) is 24.4 Å². The fourth-order valence-electron chi connectivity index (χ4n) is 1.80. The second-order valence-corrected chi connectivity index (χ2v) is 5.29. The normalized spacial score (nSPS) is 10.3. The molecule has 7 heteroatoms. The molecule has 0 aliphatic carbocycles. The summed E-state index contributed by atoms with van der Waals surface area (Å²) in [4.78, 5) is 26.5. The molecule has 22 heavy (non-hydrogen) atoms. The van der Waals surface area contributed by atoms with Crippen LogP contribution in [0.4, 0.5) is 0 Å². The average molecular weight is 339 g/mol. The zero-order chi connectivity index (χ0) is 16.1. The van der Waals surface area contributed by atoms with E-state index in [1.54, 1.807) is 12.1 Å². The van der Waals surface area contributed by atoms with Crippen molar-refractivity contribution in [1.29, 1.82) is 0 Å². The first-order valence-corrected chi connectivity index (χ1v) is 7.14. The van der Waals surface area contributed by atoms with Crippen molar-refractivity contribution in [2.45, 2.75) is 6.42 Å². The third kappa shape index (κ3) is 4.19. The number of hydrogen-bond acceptors (Lipinski definition) is 3. The summed E-state index contributed by atoms with van der Waals surface area (Å²) in [5.74, 6) is -1.30. The number of rotatable bonds is 5. The molecule has 5 nitrogen and oxygen atoms in total. The number of nitrogens with one attached hydrogen (secondary N) is 1. The van der Waals surface area contributed by atoms with Gasteiger partial charge in [-0.1, -0.05) is 35.3 Å². The maximum absolute atomic E-state index is 12.0. The molecule has 0 aliphatic heterocycles. The van der Waals surface area contributed by atoms with Crippen LogP contribution in [0.15, 0.2) is 36.5 Å². The molecule has 1 aromatic carbocycles. The van der Waals surface area contributed by atoms with Crippen LogP contribution in [-0.4, -0.2) is 28.5 Å². The van der Waals surface area contributed by atoms with E-state index in [2.05, 4.69) is 10.3 Å². The van der Waals surface area contributed by atoms with Crippen molar-refractivity contribution in [3.8, 4) is 0 Å². The molecule has 1 aromatic heterocycles. The zero-order valence-corrected chi connectivity index (χ0v) is 12.9. The van der Waals surface area contributed by atoms with Crippen LogP contribution in [0.1, 0.15) is 26.3 Å². The fraction of sp³-hybridized carbons (Fsp3) is 0.133. The van der Waals surface area contributed by atoms with Crippen LogP contribution in [0.25, 0.3) is 0 Å². The summed E-state index contributed by atoms with van der Waals surface area (Å²) in [6.07, 6.45) is 1.89. The van der Waals surface area contributed by atoms with E-state index in [0.717, 1.165) is 5.56 Å². The SMILES string of the molecule is O=C(O)c1ccc(CCNC(=O)c2cnc(Cl)cc2Cl)cc1. The van der Waals surface area contributed by atoms with E-state index in [0.29, 0.717) is 13.0 Å². The van der Waals surface area contributed by atoms with Gasteiger partial charge in [0.15, 0.2) is 0 Å². The Morgan fingerprint density at radius 3 is 2.45 bits per heavy atom. The summed E-state index contributed by atoms with van der Waals surface area (Å²) in [7, 11) is 0. The van der Waals surface area contributed by atoms with Gasteiger partial charge in [0.2, 0.25) is 0 Å². The Balaban J connectivity index is 1.90.